The van der Waals surface area contributed by atoms with Crippen LogP contribution in [0.3, 0.4) is 0 Å². The van der Waals surface area contributed by atoms with Gasteiger partial charge in [-0.15, -0.1) is 0 Å². The van der Waals surface area contributed by atoms with Crippen molar-refractivity contribution in [2.75, 3.05) is 19.6 Å². The van der Waals surface area contributed by atoms with E-state index >= 15 is 0 Å². The highest BCUT2D eigenvalue weighted by Gasteiger charge is 2.21. The fourth-order valence-corrected chi connectivity index (χ4v) is 3.89. The van der Waals surface area contributed by atoms with Gasteiger partial charge in [0.25, 0.3) is 0 Å². The van der Waals surface area contributed by atoms with Crippen LogP contribution in [-0.2, 0) is 17.6 Å². The molecule has 1 unspecified atom stereocenters. The van der Waals surface area contributed by atoms with Gasteiger partial charge in [-0.1, -0.05) is 65.8 Å². The smallest absolute Gasteiger partial charge is 0.227 e. The van der Waals surface area contributed by atoms with Crippen LogP contribution < -0.4 is 5.32 Å². The lowest BCUT2D eigenvalue weighted by Gasteiger charge is -2.33. The summed E-state index contributed by atoms with van der Waals surface area (Å²) in [6.07, 6.45) is 4.01. The molecule has 4 rings (SSSR count). The summed E-state index contributed by atoms with van der Waals surface area (Å²) < 4.78 is 5.30. The molecule has 0 spiro atoms. The van der Waals surface area contributed by atoms with Gasteiger partial charge in [-0.05, 0) is 31.4 Å². The predicted octanol–water partition coefficient (Wildman–Crippen LogP) is 3.49. The molecular weight excluding hydrogens is 376 g/mol. The molecule has 1 amide bonds. The van der Waals surface area contributed by atoms with Gasteiger partial charge in [-0.2, -0.15) is 4.98 Å². The number of carbonyl (C=O) groups is 1. The summed E-state index contributed by atoms with van der Waals surface area (Å²) in [5, 5.41) is 7.20. The summed E-state index contributed by atoms with van der Waals surface area (Å²) in [6.45, 7) is 3.04. The molecule has 2 heterocycles. The van der Waals surface area contributed by atoms with Crippen LogP contribution in [0, 0.1) is 0 Å². The van der Waals surface area contributed by atoms with Gasteiger partial charge in [0.1, 0.15) is 0 Å². The third kappa shape index (κ3) is 5.76. The molecular formula is C24H28N4O2. The first-order chi connectivity index (χ1) is 14.8. The van der Waals surface area contributed by atoms with E-state index in [9.17, 15) is 4.79 Å². The summed E-state index contributed by atoms with van der Waals surface area (Å²) in [7, 11) is 0. The Balaban J connectivity index is 1.21. The molecule has 0 aliphatic carbocycles. The van der Waals surface area contributed by atoms with E-state index in [0.717, 1.165) is 44.5 Å². The monoisotopic (exact) mass is 404 g/mol. The second-order valence-electron chi connectivity index (χ2n) is 7.82. The molecule has 156 valence electrons. The number of aryl methyl sites for hydroxylation is 1. The molecule has 6 heteroatoms. The van der Waals surface area contributed by atoms with Crippen molar-refractivity contribution in [2.45, 2.75) is 38.1 Å². The number of aromatic nitrogens is 2. The molecule has 1 N–H and O–H groups in total. The first kappa shape index (κ1) is 20.3. The Morgan fingerprint density at radius 2 is 1.83 bits per heavy atom. The SMILES string of the molecule is O=C(CCc1nc(-c2ccccc2)no1)NC1CCCN(CCc2ccccc2)C1. The molecule has 0 radical (unpaired) electrons. The normalized spacial score (nSPS) is 17.0. The third-order valence-corrected chi connectivity index (χ3v) is 5.50. The van der Waals surface area contributed by atoms with Crippen LogP contribution in [0.5, 0.6) is 0 Å². The Bertz CT molecular complexity index is 927. The number of benzene rings is 2. The van der Waals surface area contributed by atoms with Crippen LogP contribution in [0.2, 0.25) is 0 Å². The predicted molar refractivity (Wildman–Crippen MR) is 116 cm³/mol. The van der Waals surface area contributed by atoms with E-state index in [4.69, 9.17) is 4.52 Å². The van der Waals surface area contributed by atoms with Gasteiger partial charge in [-0.3, -0.25) is 4.79 Å². The van der Waals surface area contributed by atoms with Gasteiger partial charge in [0.15, 0.2) is 0 Å². The van der Waals surface area contributed by atoms with Crippen molar-refractivity contribution in [3.63, 3.8) is 0 Å². The van der Waals surface area contributed by atoms with Crippen LogP contribution >= 0.6 is 0 Å². The molecule has 1 aliphatic rings. The molecule has 0 bridgehead atoms. The zero-order valence-electron chi connectivity index (χ0n) is 17.2. The van der Waals surface area contributed by atoms with Crippen LogP contribution in [0.15, 0.2) is 65.2 Å². The highest BCUT2D eigenvalue weighted by molar-refractivity contribution is 5.76. The average molecular weight is 405 g/mol. The van der Waals surface area contributed by atoms with E-state index in [0.29, 0.717) is 24.6 Å². The zero-order chi connectivity index (χ0) is 20.6. The Morgan fingerprint density at radius 1 is 1.07 bits per heavy atom. The maximum absolute atomic E-state index is 12.4. The quantitative estimate of drug-likeness (QED) is 0.622. The van der Waals surface area contributed by atoms with Gasteiger partial charge >= 0.3 is 0 Å². The van der Waals surface area contributed by atoms with Gasteiger partial charge < -0.3 is 14.7 Å². The van der Waals surface area contributed by atoms with Crippen molar-refractivity contribution in [3.8, 4) is 11.4 Å². The third-order valence-electron chi connectivity index (χ3n) is 5.50. The first-order valence-corrected chi connectivity index (χ1v) is 10.7. The van der Waals surface area contributed by atoms with Crippen molar-refractivity contribution in [1.29, 1.82) is 0 Å². The second-order valence-corrected chi connectivity index (χ2v) is 7.82. The van der Waals surface area contributed by atoms with Gasteiger partial charge in [0, 0.05) is 37.5 Å². The lowest BCUT2D eigenvalue weighted by atomic mass is 10.0. The van der Waals surface area contributed by atoms with Gasteiger partial charge in [-0.25, -0.2) is 0 Å². The highest BCUT2D eigenvalue weighted by Crippen LogP contribution is 2.16. The number of nitrogens with one attached hydrogen (secondary N) is 1. The summed E-state index contributed by atoms with van der Waals surface area (Å²) >= 11 is 0. The molecule has 6 nitrogen and oxygen atoms in total. The van der Waals surface area contributed by atoms with Crippen LogP contribution in [0.25, 0.3) is 11.4 Å². The molecule has 1 aliphatic heterocycles. The Morgan fingerprint density at radius 3 is 2.63 bits per heavy atom. The molecule has 0 saturated carbocycles. The summed E-state index contributed by atoms with van der Waals surface area (Å²) in [4.78, 5) is 19.3. The lowest BCUT2D eigenvalue weighted by Crippen LogP contribution is -2.48. The first-order valence-electron chi connectivity index (χ1n) is 10.7. The number of hydrogen-bond acceptors (Lipinski definition) is 5. The topological polar surface area (TPSA) is 71.3 Å². The van der Waals surface area contributed by atoms with Crippen LogP contribution in [0.4, 0.5) is 0 Å². The minimum atomic E-state index is 0.0457. The summed E-state index contributed by atoms with van der Waals surface area (Å²) in [6, 6.07) is 20.5. The Hall–Kier alpha value is -2.99. The van der Waals surface area contributed by atoms with E-state index in [1.165, 1.54) is 5.56 Å². The lowest BCUT2D eigenvalue weighted by molar-refractivity contribution is -0.122. The standard InChI is InChI=1S/C24H28N4O2/c29-22(13-14-23-26-24(27-30-23)20-10-5-2-6-11-20)25-21-12-7-16-28(18-21)17-15-19-8-3-1-4-9-19/h1-6,8-11,21H,7,12-18H2,(H,25,29). The van der Waals surface area contributed by atoms with Crippen molar-refractivity contribution in [3.05, 3.63) is 72.1 Å². The number of piperidine rings is 1. The molecule has 2 aromatic carbocycles. The van der Waals surface area contributed by atoms with E-state index in [1.54, 1.807) is 0 Å². The van der Waals surface area contributed by atoms with Gasteiger partial charge in [0.2, 0.25) is 17.6 Å². The summed E-state index contributed by atoms with van der Waals surface area (Å²) in [5.74, 6) is 1.11. The largest absolute Gasteiger partial charge is 0.352 e. The number of amides is 1. The highest BCUT2D eigenvalue weighted by atomic mass is 16.5. The number of hydrogen-bond donors (Lipinski definition) is 1. The minimum Gasteiger partial charge on any atom is -0.352 e. The van der Waals surface area contributed by atoms with Gasteiger partial charge in [0.05, 0.1) is 0 Å². The van der Waals surface area contributed by atoms with Crippen molar-refractivity contribution < 1.29 is 9.32 Å². The van der Waals surface area contributed by atoms with E-state index < -0.39 is 0 Å². The second kappa shape index (κ2) is 10.2. The fraction of sp³-hybridized carbons (Fsp3) is 0.375. The maximum Gasteiger partial charge on any atom is 0.227 e. The van der Waals surface area contributed by atoms with Crippen LogP contribution in [-0.4, -0.2) is 46.6 Å². The molecule has 3 aromatic rings. The average Bonchev–Trinajstić information content (AvgIpc) is 3.27. The van der Waals surface area contributed by atoms with Crippen molar-refractivity contribution in [2.24, 2.45) is 0 Å². The molecule has 1 aromatic heterocycles. The molecule has 30 heavy (non-hydrogen) atoms. The van der Waals surface area contributed by atoms with E-state index in [1.807, 2.05) is 36.4 Å². The maximum atomic E-state index is 12.4. The molecule has 1 atom stereocenters. The minimum absolute atomic E-state index is 0.0457. The Labute approximate surface area is 177 Å². The number of carbonyl (C=O) groups excluding carboxylic acids is 1. The number of nitrogens with zero attached hydrogens (tertiary/aromatic N) is 3. The van der Waals surface area contributed by atoms with Crippen molar-refractivity contribution >= 4 is 5.91 Å². The fourth-order valence-electron chi connectivity index (χ4n) is 3.89. The summed E-state index contributed by atoms with van der Waals surface area (Å²) in [5.41, 5.74) is 2.27. The molecule has 1 saturated heterocycles. The number of likely N-dealkylation sites (tertiary alicyclic amines) is 1. The van der Waals surface area contributed by atoms with E-state index in [2.05, 4.69) is 44.6 Å². The Kier molecular flexibility index (Phi) is 6.87. The zero-order valence-corrected chi connectivity index (χ0v) is 17.2. The molecule has 1 fully saturated rings. The van der Waals surface area contributed by atoms with Crippen molar-refractivity contribution in [1.82, 2.24) is 20.4 Å². The van der Waals surface area contributed by atoms with Crippen LogP contribution in [0.1, 0.15) is 30.7 Å². The van der Waals surface area contributed by atoms with E-state index in [-0.39, 0.29) is 11.9 Å². The number of rotatable bonds is 8.